The first-order chi connectivity index (χ1) is 9.56. The van der Waals surface area contributed by atoms with Crippen molar-refractivity contribution in [3.8, 4) is 0 Å². The van der Waals surface area contributed by atoms with Crippen LogP contribution in [0.25, 0.3) is 19.5 Å². The van der Waals surface area contributed by atoms with Gasteiger partial charge in [0.2, 0.25) is 0 Å². The van der Waals surface area contributed by atoms with E-state index < -0.39 is 0 Å². The maximum absolute atomic E-state index is 12.3. The molecule has 0 aliphatic rings. The molecule has 2 heterocycles. The normalized spacial score (nSPS) is 13.2. The topological polar surface area (TPSA) is 29.1 Å². The van der Waals surface area contributed by atoms with Crippen LogP contribution in [-0.4, -0.2) is 11.9 Å². The van der Waals surface area contributed by atoms with Gasteiger partial charge < -0.3 is 5.32 Å². The summed E-state index contributed by atoms with van der Waals surface area (Å²) >= 11 is 3.35. The minimum Gasteiger partial charge on any atom is -0.349 e. The van der Waals surface area contributed by atoms with Crippen LogP contribution < -0.4 is 5.32 Å². The van der Waals surface area contributed by atoms with Gasteiger partial charge in [-0.1, -0.05) is 32.0 Å². The third kappa shape index (κ3) is 2.34. The molecule has 0 saturated heterocycles. The van der Waals surface area contributed by atoms with Crippen LogP contribution in [0.2, 0.25) is 0 Å². The Labute approximate surface area is 126 Å². The van der Waals surface area contributed by atoms with Gasteiger partial charge in [0.05, 0.1) is 9.58 Å². The zero-order valence-corrected chi connectivity index (χ0v) is 13.4. The van der Waals surface area contributed by atoms with Crippen LogP contribution in [-0.2, 0) is 0 Å². The molecule has 1 amide bonds. The van der Waals surface area contributed by atoms with Gasteiger partial charge in [0, 0.05) is 20.8 Å². The van der Waals surface area contributed by atoms with Crippen molar-refractivity contribution in [2.24, 2.45) is 5.92 Å². The predicted octanol–water partition coefficient (Wildman–Crippen LogP) is 4.89. The van der Waals surface area contributed by atoms with Crippen molar-refractivity contribution < 1.29 is 4.79 Å². The summed E-state index contributed by atoms with van der Waals surface area (Å²) < 4.78 is 3.72. The van der Waals surface area contributed by atoms with Gasteiger partial charge in [-0.15, -0.1) is 22.7 Å². The molecule has 3 aromatic rings. The second-order valence-electron chi connectivity index (χ2n) is 5.41. The minimum atomic E-state index is 0.0451. The number of hydrogen-bond acceptors (Lipinski definition) is 3. The van der Waals surface area contributed by atoms with Crippen molar-refractivity contribution in [2.75, 3.05) is 0 Å². The van der Waals surface area contributed by atoms with Crippen molar-refractivity contribution in [2.45, 2.75) is 26.8 Å². The molecule has 0 radical (unpaired) electrons. The smallest absolute Gasteiger partial charge is 0.261 e. The number of fused-ring (bicyclic) bond motifs is 3. The molecule has 104 valence electrons. The molecule has 1 aromatic carbocycles. The number of thiophene rings is 2. The van der Waals surface area contributed by atoms with Crippen LogP contribution in [0.15, 0.2) is 30.3 Å². The van der Waals surface area contributed by atoms with E-state index in [2.05, 4.69) is 43.4 Å². The van der Waals surface area contributed by atoms with Crippen LogP contribution in [0.5, 0.6) is 0 Å². The van der Waals surface area contributed by atoms with E-state index in [1.54, 1.807) is 22.7 Å². The lowest BCUT2D eigenvalue weighted by atomic mass is 10.1. The van der Waals surface area contributed by atoms with Gasteiger partial charge >= 0.3 is 0 Å². The Balaban J connectivity index is 1.95. The van der Waals surface area contributed by atoms with E-state index in [4.69, 9.17) is 0 Å². The maximum atomic E-state index is 12.3. The quantitative estimate of drug-likeness (QED) is 0.733. The summed E-state index contributed by atoms with van der Waals surface area (Å²) in [5.74, 6) is 0.490. The van der Waals surface area contributed by atoms with Gasteiger partial charge in [-0.05, 0) is 25.0 Å². The third-order valence-electron chi connectivity index (χ3n) is 3.63. The Bertz CT molecular complexity index is 769. The number of amides is 1. The van der Waals surface area contributed by atoms with Crippen molar-refractivity contribution in [1.82, 2.24) is 5.32 Å². The molecular weight excluding hydrogens is 286 g/mol. The highest BCUT2D eigenvalue weighted by Crippen LogP contribution is 2.39. The number of rotatable bonds is 3. The third-order valence-corrected chi connectivity index (χ3v) is 6.05. The zero-order chi connectivity index (χ0) is 14.3. The summed E-state index contributed by atoms with van der Waals surface area (Å²) in [6, 6.07) is 10.6. The molecule has 0 unspecified atom stereocenters. The average Bonchev–Trinajstić information content (AvgIpc) is 2.95. The first kappa shape index (κ1) is 13.6. The highest BCUT2D eigenvalue weighted by molar-refractivity contribution is 7.33. The monoisotopic (exact) mass is 303 g/mol. The Morgan fingerprint density at radius 1 is 1.10 bits per heavy atom. The first-order valence-electron chi connectivity index (χ1n) is 6.78. The molecular formula is C16H17NOS2. The lowest BCUT2D eigenvalue weighted by Crippen LogP contribution is -2.35. The van der Waals surface area contributed by atoms with E-state index >= 15 is 0 Å². The second-order valence-corrected chi connectivity index (χ2v) is 7.54. The molecule has 0 aliphatic heterocycles. The number of carbonyl (C=O) groups is 1. The Morgan fingerprint density at radius 2 is 1.85 bits per heavy atom. The molecule has 0 aliphatic carbocycles. The fourth-order valence-corrected chi connectivity index (χ4v) is 4.48. The highest BCUT2D eigenvalue weighted by Gasteiger charge is 2.16. The van der Waals surface area contributed by atoms with Crippen LogP contribution in [0.1, 0.15) is 30.4 Å². The molecule has 20 heavy (non-hydrogen) atoms. The second kappa shape index (κ2) is 5.19. The zero-order valence-electron chi connectivity index (χ0n) is 11.8. The van der Waals surface area contributed by atoms with Crippen LogP contribution >= 0.6 is 22.7 Å². The molecule has 0 saturated carbocycles. The summed E-state index contributed by atoms with van der Waals surface area (Å²) in [6.07, 6.45) is 0. The van der Waals surface area contributed by atoms with Gasteiger partial charge in [0.15, 0.2) is 0 Å². The van der Waals surface area contributed by atoms with Crippen molar-refractivity contribution in [1.29, 1.82) is 0 Å². The maximum Gasteiger partial charge on any atom is 0.261 e. The Kier molecular flexibility index (Phi) is 3.52. The lowest BCUT2D eigenvalue weighted by molar-refractivity contribution is 0.0934. The van der Waals surface area contributed by atoms with E-state index in [0.29, 0.717) is 5.92 Å². The molecule has 2 nitrogen and oxygen atoms in total. The Hall–Kier alpha value is -1.39. The molecule has 0 bridgehead atoms. The largest absolute Gasteiger partial charge is 0.349 e. The summed E-state index contributed by atoms with van der Waals surface area (Å²) in [5, 5.41) is 4.33. The number of nitrogens with one attached hydrogen (secondary N) is 1. The van der Waals surface area contributed by atoms with Gasteiger partial charge in [-0.25, -0.2) is 0 Å². The molecule has 1 atom stereocenters. The van der Waals surface area contributed by atoms with E-state index in [1.165, 1.54) is 19.5 Å². The van der Waals surface area contributed by atoms with E-state index in [9.17, 15) is 4.79 Å². The minimum absolute atomic E-state index is 0.0451. The fraction of sp³-hybridized carbons (Fsp3) is 0.312. The molecule has 0 fully saturated rings. The molecule has 0 spiro atoms. The van der Waals surface area contributed by atoms with Gasteiger partial charge in [0.1, 0.15) is 0 Å². The lowest BCUT2D eigenvalue weighted by Gasteiger charge is -2.16. The van der Waals surface area contributed by atoms with E-state index in [-0.39, 0.29) is 11.9 Å². The van der Waals surface area contributed by atoms with Gasteiger partial charge in [-0.2, -0.15) is 0 Å². The Morgan fingerprint density at radius 3 is 2.60 bits per heavy atom. The van der Waals surface area contributed by atoms with Crippen molar-refractivity contribution >= 4 is 48.1 Å². The standard InChI is InChI=1S/C16H17NOS2/c1-9(2)10(3)17-16(18)14-8-13-15(20-14)11-6-4-5-7-12(11)19-13/h4-10H,1-3H3,(H,17,18)/t10-/m0/s1. The molecule has 4 heteroatoms. The van der Waals surface area contributed by atoms with Crippen LogP contribution in [0.3, 0.4) is 0 Å². The van der Waals surface area contributed by atoms with Crippen molar-refractivity contribution in [3.63, 3.8) is 0 Å². The summed E-state index contributed by atoms with van der Waals surface area (Å²) in [5.41, 5.74) is 0. The van der Waals surface area contributed by atoms with E-state index in [0.717, 1.165) is 4.88 Å². The van der Waals surface area contributed by atoms with Crippen molar-refractivity contribution in [3.05, 3.63) is 35.2 Å². The SMILES string of the molecule is CC(C)[C@H](C)NC(=O)c1cc2sc3ccccc3c2s1. The predicted molar refractivity (Wildman–Crippen MR) is 89.0 cm³/mol. The summed E-state index contributed by atoms with van der Waals surface area (Å²) in [4.78, 5) is 13.1. The number of carbonyl (C=O) groups excluding carboxylic acids is 1. The molecule has 3 rings (SSSR count). The summed E-state index contributed by atoms with van der Waals surface area (Å²) in [6.45, 7) is 6.28. The fourth-order valence-electron chi connectivity index (χ4n) is 2.06. The molecule has 1 N–H and O–H groups in total. The number of hydrogen-bond donors (Lipinski definition) is 1. The highest BCUT2D eigenvalue weighted by atomic mass is 32.1. The van der Waals surface area contributed by atoms with Gasteiger partial charge in [0.25, 0.3) is 5.91 Å². The summed E-state index contributed by atoms with van der Waals surface area (Å²) in [7, 11) is 0. The van der Waals surface area contributed by atoms with E-state index in [1.807, 2.05) is 13.0 Å². The van der Waals surface area contributed by atoms with Crippen LogP contribution in [0, 0.1) is 5.92 Å². The molecule has 2 aromatic heterocycles. The average molecular weight is 303 g/mol. The van der Waals surface area contributed by atoms with Crippen LogP contribution in [0.4, 0.5) is 0 Å². The van der Waals surface area contributed by atoms with Gasteiger partial charge in [-0.3, -0.25) is 4.79 Å². The number of benzene rings is 1. The first-order valence-corrected chi connectivity index (χ1v) is 8.41.